The van der Waals surface area contributed by atoms with Gasteiger partial charge in [0.1, 0.15) is 10.8 Å². The molecule has 0 saturated heterocycles. The van der Waals surface area contributed by atoms with Crippen LogP contribution in [0.15, 0.2) is 36.9 Å². The zero-order chi connectivity index (χ0) is 11.2. The Morgan fingerprint density at radius 3 is 1.64 bits per heavy atom. The first kappa shape index (κ1) is 15.1. The van der Waals surface area contributed by atoms with Crippen molar-refractivity contribution >= 4 is 31.3 Å². The topological polar surface area (TPSA) is 47.6 Å². The van der Waals surface area contributed by atoms with Gasteiger partial charge in [0.25, 0.3) is 0 Å². The highest BCUT2D eigenvalue weighted by atomic mass is 32.1. The maximum atomic E-state index is 7.18. The van der Waals surface area contributed by atoms with Crippen LogP contribution in [-0.2, 0) is 0 Å². The standard InChI is InChI=1S/C8H8.2CHNS/c1-2-8-6-4-3-5-7-8;2*2-1-3/h2-7H,1H2;2*3H. The largest absolute Gasteiger partial charge is 0.185 e. The summed E-state index contributed by atoms with van der Waals surface area (Å²) in [6, 6.07) is 10.0. The molecule has 1 aromatic carbocycles. The van der Waals surface area contributed by atoms with Crippen LogP contribution in [0.4, 0.5) is 0 Å². The van der Waals surface area contributed by atoms with Gasteiger partial charge in [-0.2, -0.15) is 10.5 Å². The Kier molecular flexibility index (Phi) is 15.3. The molecule has 0 aliphatic carbocycles. The molecule has 0 aliphatic heterocycles. The maximum absolute atomic E-state index is 7.18. The molecule has 0 fully saturated rings. The van der Waals surface area contributed by atoms with E-state index in [9.17, 15) is 0 Å². The van der Waals surface area contributed by atoms with E-state index < -0.39 is 0 Å². The Morgan fingerprint density at radius 2 is 1.43 bits per heavy atom. The summed E-state index contributed by atoms with van der Waals surface area (Å²) < 4.78 is 0. The van der Waals surface area contributed by atoms with Gasteiger partial charge >= 0.3 is 0 Å². The lowest BCUT2D eigenvalue weighted by atomic mass is 10.2. The molecule has 72 valence electrons. The van der Waals surface area contributed by atoms with Crippen LogP contribution in [-0.4, -0.2) is 0 Å². The van der Waals surface area contributed by atoms with Crippen LogP contribution in [0.2, 0.25) is 0 Å². The van der Waals surface area contributed by atoms with Crippen LogP contribution in [0.5, 0.6) is 0 Å². The summed E-state index contributed by atoms with van der Waals surface area (Å²) in [5.74, 6) is 0. The molecule has 0 radical (unpaired) electrons. The van der Waals surface area contributed by atoms with Crippen molar-refractivity contribution in [1.82, 2.24) is 0 Å². The van der Waals surface area contributed by atoms with Gasteiger partial charge in [-0.25, -0.2) is 0 Å². The summed E-state index contributed by atoms with van der Waals surface area (Å²) in [5.41, 5.74) is 1.17. The Hall–Kier alpha value is -1.36. The molecule has 0 unspecified atom stereocenters. The van der Waals surface area contributed by atoms with Crippen molar-refractivity contribution in [2.45, 2.75) is 0 Å². The van der Waals surface area contributed by atoms with Crippen molar-refractivity contribution in [3.8, 4) is 10.8 Å². The summed E-state index contributed by atoms with van der Waals surface area (Å²) in [4.78, 5) is 0. The van der Waals surface area contributed by atoms with Crippen molar-refractivity contribution < 1.29 is 0 Å². The number of hydrogen-bond donors (Lipinski definition) is 2. The van der Waals surface area contributed by atoms with E-state index in [1.807, 2.05) is 36.4 Å². The zero-order valence-electron chi connectivity index (χ0n) is 7.46. The molecular weight excluding hydrogens is 212 g/mol. The number of benzene rings is 1. The summed E-state index contributed by atoms with van der Waals surface area (Å²) in [5, 5.41) is 17.3. The quantitative estimate of drug-likeness (QED) is 0.566. The molecule has 0 amide bonds. The normalized spacial score (nSPS) is 6.00. The van der Waals surface area contributed by atoms with Crippen LogP contribution >= 0.6 is 25.3 Å². The van der Waals surface area contributed by atoms with Crippen LogP contribution < -0.4 is 0 Å². The van der Waals surface area contributed by atoms with Gasteiger partial charge in [-0.15, -0.1) is 0 Å². The van der Waals surface area contributed by atoms with Crippen molar-refractivity contribution in [2.24, 2.45) is 0 Å². The summed E-state index contributed by atoms with van der Waals surface area (Å²) >= 11 is 6.19. The van der Waals surface area contributed by atoms with Crippen molar-refractivity contribution in [2.75, 3.05) is 0 Å². The molecule has 14 heavy (non-hydrogen) atoms. The highest BCUT2D eigenvalue weighted by molar-refractivity contribution is 7.85. The molecule has 0 N–H and O–H groups in total. The smallest absolute Gasteiger partial charge is 0.130 e. The van der Waals surface area contributed by atoms with Gasteiger partial charge in [0.15, 0.2) is 0 Å². The number of hydrogen-bond acceptors (Lipinski definition) is 4. The fraction of sp³-hybridized carbons (Fsp3) is 0. The first-order valence-corrected chi connectivity index (χ1v) is 4.40. The molecule has 1 aromatic rings. The summed E-state index contributed by atoms with van der Waals surface area (Å²) in [7, 11) is 0. The fourth-order valence-electron chi connectivity index (χ4n) is 0.589. The highest BCUT2D eigenvalue weighted by Gasteiger charge is 1.75. The van der Waals surface area contributed by atoms with Crippen LogP contribution in [0, 0.1) is 21.3 Å². The Labute approximate surface area is 95.3 Å². The first-order valence-electron chi connectivity index (χ1n) is 3.50. The lowest BCUT2D eigenvalue weighted by Crippen LogP contribution is -1.63. The van der Waals surface area contributed by atoms with Gasteiger partial charge < -0.3 is 0 Å². The van der Waals surface area contributed by atoms with Gasteiger partial charge in [-0.1, -0.05) is 68.2 Å². The predicted molar refractivity (Wildman–Crippen MR) is 65.7 cm³/mol. The van der Waals surface area contributed by atoms with E-state index in [0.717, 1.165) is 0 Å². The van der Waals surface area contributed by atoms with Gasteiger partial charge in [0.2, 0.25) is 0 Å². The van der Waals surface area contributed by atoms with E-state index in [0.29, 0.717) is 0 Å². The first-order chi connectivity index (χ1) is 6.76. The molecule has 4 heteroatoms. The van der Waals surface area contributed by atoms with Gasteiger partial charge in [0, 0.05) is 0 Å². The molecule has 0 aromatic heterocycles. The van der Waals surface area contributed by atoms with Gasteiger partial charge in [-0.3, -0.25) is 0 Å². The molecule has 0 aliphatic rings. The Bertz CT molecular complexity index is 297. The number of nitrogens with zero attached hydrogens (tertiary/aromatic N) is 2. The van der Waals surface area contributed by atoms with E-state index >= 15 is 0 Å². The third kappa shape index (κ3) is 13.2. The minimum Gasteiger partial charge on any atom is -0.185 e. The molecular formula is C10H10N2S2. The zero-order valence-corrected chi connectivity index (χ0v) is 9.25. The second-order valence-corrected chi connectivity index (χ2v) is 2.21. The molecule has 2 nitrogen and oxygen atoms in total. The van der Waals surface area contributed by atoms with E-state index in [1.54, 1.807) is 0 Å². The van der Waals surface area contributed by atoms with Gasteiger partial charge in [0.05, 0.1) is 0 Å². The fourth-order valence-corrected chi connectivity index (χ4v) is 0.589. The van der Waals surface area contributed by atoms with Crippen LogP contribution in [0.25, 0.3) is 6.08 Å². The SMILES string of the molecule is C=Cc1ccccc1.N#CS.N#CS. The van der Waals surface area contributed by atoms with E-state index in [2.05, 4.69) is 31.8 Å². The van der Waals surface area contributed by atoms with E-state index in [-0.39, 0.29) is 0 Å². The van der Waals surface area contributed by atoms with Crippen LogP contribution in [0.3, 0.4) is 0 Å². The Balaban J connectivity index is 0. The number of rotatable bonds is 1. The monoisotopic (exact) mass is 222 g/mol. The van der Waals surface area contributed by atoms with Crippen LogP contribution in [0.1, 0.15) is 5.56 Å². The third-order valence-electron chi connectivity index (χ3n) is 1.04. The maximum Gasteiger partial charge on any atom is 0.130 e. The average molecular weight is 222 g/mol. The number of thiol groups is 2. The van der Waals surface area contributed by atoms with E-state index in [4.69, 9.17) is 10.5 Å². The van der Waals surface area contributed by atoms with Crippen molar-refractivity contribution in [3.63, 3.8) is 0 Å². The highest BCUT2D eigenvalue weighted by Crippen LogP contribution is 1.97. The Morgan fingerprint density at radius 1 is 1.07 bits per heavy atom. The molecule has 0 spiro atoms. The molecule has 0 atom stereocenters. The number of thiocyanates is 2. The predicted octanol–water partition coefficient (Wildman–Crippen LogP) is 3.12. The molecule has 0 bridgehead atoms. The lowest BCUT2D eigenvalue weighted by Gasteiger charge is -1.85. The second-order valence-electron chi connectivity index (χ2n) is 1.81. The van der Waals surface area contributed by atoms with Crippen molar-refractivity contribution in [1.29, 1.82) is 10.5 Å². The molecule has 1 rings (SSSR count). The van der Waals surface area contributed by atoms with Gasteiger partial charge in [-0.05, 0) is 5.56 Å². The minimum absolute atomic E-state index is 1.17. The summed E-state index contributed by atoms with van der Waals surface area (Å²) in [6.45, 7) is 3.63. The third-order valence-corrected chi connectivity index (χ3v) is 1.04. The summed E-state index contributed by atoms with van der Waals surface area (Å²) in [6.07, 6.45) is 1.83. The average Bonchev–Trinajstić information content (AvgIpc) is 2.21. The second kappa shape index (κ2) is 14.2. The minimum atomic E-state index is 1.17. The number of nitriles is 2. The molecule has 0 heterocycles. The van der Waals surface area contributed by atoms with E-state index in [1.165, 1.54) is 16.4 Å². The van der Waals surface area contributed by atoms with Crippen molar-refractivity contribution in [3.05, 3.63) is 42.5 Å². The molecule has 0 saturated carbocycles. The lowest BCUT2D eigenvalue weighted by molar-refractivity contribution is 1.57.